The maximum Gasteiger partial charge on any atom is 0.416 e. The van der Waals surface area contributed by atoms with Crippen LogP contribution in [0.1, 0.15) is 68.4 Å². The standard InChI is InChI=1S/C27H25ClF7NO2/c1-14-23(16-6-18(26(30,31)32)10-19(7-16)27(33,34)35)38-24(37)36(14)13-17-12-25(2,3)5-4-22(17)15-8-20(28)11-21(29)9-15/h6-11,14,23H,4-5,12-13H2,1-3H3/t14-,23-/m0/s1. The Kier molecular flexibility index (Phi) is 7.27. The molecule has 2 aromatic carbocycles. The van der Waals surface area contributed by atoms with Crippen LogP contribution in [-0.4, -0.2) is 23.6 Å². The smallest absolute Gasteiger partial charge is 0.416 e. The van der Waals surface area contributed by atoms with E-state index < -0.39 is 53.1 Å². The number of halogens is 8. The molecule has 1 amide bonds. The van der Waals surface area contributed by atoms with Gasteiger partial charge < -0.3 is 4.74 Å². The van der Waals surface area contributed by atoms with Crippen molar-refractivity contribution >= 4 is 23.3 Å². The molecular weight excluding hydrogens is 539 g/mol. The summed E-state index contributed by atoms with van der Waals surface area (Å²) in [4.78, 5) is 14.2. The largest absolute Gasteiger partial charge is 0.439 e. The van der Waals surface area contributed by atoms with Crippen molar-refractivity contribution in [1.29, 1.82) is 0 Å². The van der Waals surface area contributed by atoms with E-state index in [1.807, 2.05) is 13.8 Å². The van der Waals surface area contributed by atoms with Crippen molar-refractivity contribution < 1.29 is 40.3 Å². The van der Waals surface area contributed by atoms with E-state index in [0.717, 1.165) is 17.6 Å². The summed E-state index contributed by atoms with van der Waals surface area (Å²) in [6.45, 7) is 5.61. The second kappa shape index (κ2) is 9.77. The third-order valence-corrected chi connectivity index (χ3v) is 7.29. The van der Waals surface area contributed by atoms with Crippen LogP contribution in [0.25, 0.3) is 5.57 Å². The number of nitrogens with zero attached hydrogens (tertiary/aromatic N) is 1. The highest BCUT2D eigenvalue weighted by atomic mass is 35.5. The molecule has 2 aliphatic rings. The van der Waals surface area contributed by atoms with Gasteiger partial charge in [-0.1, -0.05) is 25.4 Å². The highest BCUT2D eigenvalue weighted by Gasteiger charge is 2.44. The lowest BCUT2D eigenvalue weighted by Gasteiger charge is -2.35. The van der Waals surface area contributed by atoms with Crippen LogP contribution in [0, 0.1) is 11.2 Å². The van der Waals surface area contributed by atoms with Gasteiger partial charge in [-0.05, 0) is 90.3 Å². The zero-order valence-corrected chi connectivity index (χ0v) is 21.5. The van der Waals surface area contributed by atoms with Crippen LogP contribution >= 0.6 is 11.6 Å². The van der Waals surface area contributed by atoms with Gasteiger partial charge in [-0.25, -0.2) is 9.18 Å². The summed E-state index contributed by atoms with van der Waals surface area (Å²) in [7, 11) is 0. The van der Waals surface area contributed by atoms with Gasteiger partial charge in [-0.15, -0.1) is 0 Å². The Hall–Kier alpha value is -2.75. The minimum Gasteiger partial charge on any atom is -0.439 e. The molecule has 3 nitrogen and oxygen atoms in total. The molecule has 2 atom stereocenters. The molecule has 1 fully saturated rings. The molecule has 1 saturated heterocycles. The molecule has 38 heavy (non-hydrogen) atoms. The summed E-state index contributed by atoms with van der Waals surface area (Å²) in [5, 5.41) is 0.204. The summed E-state index contributed by atoms with van der Waals surface area (Å²) >= 11 is 6.06. The maximum atomic E-state index is 14.1. The molecule has 0 unspecified atom stereocenters. The van der Waals surface area contributed by atoms with Crippen LogP contribution in [0.5, 0.6) is 0 Å². The number of cyclic esters (lactones) is 1. The second-order valence-corrected chi connectivity index (χ2v) is 11.0. The zero-order valence-electron chi connectivity index (χ0n) is 20.7. The number of carbonyl (C=O) groups excluding carboxylic acids is 1. The topological polar surface area (TPSA) is 29.5 Å². The third-order valence-electron chi connectivity index (χ3n) is 7.07. The average Bonchev–Trinajstić information content (AvgIpc) is 3.05. The highest BCUT2D eigenvalue weighted by Crippen LogP contribution is 2.45. The van der Waals surface area contributed by atoms with E-state index in [2.05, 4.69) is 0 Å². The molecule has 4 rings (SSSR count). The fraction of sp³-hybridized carbons (Fsp3) is 0.444. The number of hydrogen-bond acceptors (Lipinski definition) is 2. The average molecular weight is 564 g/mol. The minimum absolute atomic E-state index is 0.0223. The molecule has 0 saturated carbocycles. The van der Waals surface area contributed by atoms with Crippen molar-refractivity contribution in [2.45, 2.75) is 64.5 Å². The van der Waals surface area contributed by atoms with E-state index in [-0.39, 0.29) is 23.0 Å². The summed E-state index contributed by atoms with van der Waals surface area (Å²) in [6.07, 6.45) is -10.4. The third kappa shape index (κ3) is 5.95. The van der Waals surface area contributed by atoms with Crippen LogP contribution < -0.4 is 0 Å². The van der Waals surface area contributed by atoms with E-state index in [1.165, 1.54) is 24.0 Å². The van der Waals surface area contributed by atoms with Crippen LogP contribution in [0.3, 0.4) is 0 Å². The fourth-order valence-electron chi connectivity index (χ4n) is 5.15. The van der Waals surface area contributed by atoms with Crippen LogP contribution in [0.4, 0.5) is 35.5 Å². The molecule has 11 heteroatoms. The van der Waals surface area contributed by atoms with Gasteiger partial charge in [0.05, 0.1) is 17.2 Å². The first-order valence-electron chi connectivity index (χ1n) is 11.9. The van der Waals surface area contributed by atoms with Crippen molar-refractivity contribution in [3.8, 4) is 0 Å². The van der Waals surface area contributed by atoms with Gasteiger partial charge in [-0.3, -0.25) is 4.90 Å². The zero-order chi connectivity index (χ0) is 28.2. The first-order chi connectivity index (χ1) is 17.4. The molecule has 2 aromatic rings. The summed E-state index contributed by atoms with van der Waals surface area (Å²) in [5.74, 6) is -0.525. The number of hydrogen-bond donors (Lipinski definition) is 0. The Morgan fingerprint density at radius 3 is 2.16 bits per heavy atom. The molecule has 1 aliphatic heterocycles. The number of benzene rings is 2. The van der Waals surface area contributed by atoms with Gasteiger partial charge in [0, 0.05) is 11.6 Å². The second-order valence-electron chi connectivity index (χ2n) is 10.6. The van der Waals surface area contributed by atoms with E-state index >= 15 is 0 Å². The Morgan fingerprint density at radius 2 is 1.61 bits per heavy atom. The number of rotatable bonds is 4. The van der Waals surface area contributed by atoms with Gasteiger partial charge in [-0.2, -0.15) is 26.3 Å². The predicted octanol–water partition coefficient (Wildman–Crippen LogP) is 9.06. The SMILES string of the molecule is C[C@H]1[C@@H](c2cc(C(F)(F)F)cc(C(F)(F)F)c2)OC(=O)N1CC1=C(c2cc(F)cc(Cl)c2)CCC(C)(C)C1. The van der Waals surface area contributed by atoms with E-state index in [4.69, 9.17) is 16.3 Å². The van der Waals surface area contributed by atoms with Gasteiger partial charge in [0.2, 0.25) is 0 Å². The van der Waals surface area contributed by atoms with Crippen molar-refractivity contribution in [1.82, 2.24) is 4.90 Å². The molecule has 0 bridgehead atoms. The Morgan fingerprint density at radius 1 is 1.00 bits per heavy atom. The molecule has 1 aliphatic carbocycles. The van der Waals surface area contributed by atoms with Crippen molar-refractivity contribution in [3.05, 3.63) is 75.1 Å². The molecule has 206 valence electrons. The lowest BCUT2D eigenvalue weighted by molar-refractivity contribution is -0.143. The fourth-order valence-corrected chi connectivity index (χ4v) is 5.37. The summed E-state index contributed by atoms with van der Waals surface area (Å²) < 4.78 is 99.8. The van der Waals surface area contributed by atoms with Crippen LogP contribution in [0.15, 0.2) is 42.0 Å². The van der Waals surface area contributed by atoms with Crippen molar-refractivity contribution in [3.63, 3.8) is 0 Å². The first-order valence-corrected chi connectivity index (χ1v) is 12.3. The number of carbonyl (C=O) groups is 1. The molecule has 0 N–H and O–H groups in total. The maximum absolute atomic E-state index is 14.1. The van der Waals surface area contributed by atoms with Crippen LogP contribution in [0.2, 0.25) is 5.02 Å². The number of ether oxygens (including phenoxy) is 1. The van der Waals surface area contributed by atoms with Gasteiger partial charge in [0.25, 0.3) is 0 Å². The highest BCUT2D eigenvalue weighted by molar-refractivity contribution is 6.30. The Balaban J connectivity index is 1.71. The molecular formula is C27H25ClF7NO2. The number of allylic oxidation sites excluding steroid dienone is 1. The van der Waals surface area contributed by atoms with Crippen LogP contribution in [-0.2, 0) is 17.1 Å². The minimum atomic E-state index is -5.03. The monoisotopic (exact) mass is 563 g/mol. The van der Waals surface area contributed by atoms with Gasteiger partial charge in [0.15, 0.2) is 0 Å². The number of amides is 1. The van der Waals surface area contributed by atoms with E-state index in [1.54, 1.807) is 6.07 Å². The van der Waals surface area contributed by atoms with Gasteiger partial charge in [0.1, 0.15) is 11.9 Å². The Bertz CT molecular complexity index is 1230. The van der Waals surface area contributed by atoms with Crippen molar-refractivity contribution in [2.24, 2.45) is 5.41 Å². The van der Waals surface area contributed by atoms with E-state index in [0.29, 0.717) is 30.5 Å². The predicted molar refractivity (Wildman–Crippen MR) is 128 cm³/mol. The molecule has 0 radical (unpaired) electrons. The normalized spacial score (nSPS) is 22.2. The Labute approximate surface area is 220 Å². The van der Waals surface area contributed by atoms with Gasteiger partial charge >= 0.3 is 18.4 Å². The first kappa shape index (κ1) is 28.3. The van der Waals surface area contributed by atoms with Crippen molar-refractivity contribution in [2.75, 3.05) is 6.54 Å². The molecule has 0 aromatic heterocycles. The summed E-state index contributed by atoms with van der Waals surface area (Å²) in [5.41, 5.74) is -1.35. The lowest BCUT2D eigenvalue weighted by Crippen LogP contribution is -2.35. The quantitative estimate of drug-likeness (QED) is 0.347. The lowest BCUT2D eigenvalue weighted by atomic mass is 9.72. The molecule has 1 heterocycles. The molecule has 0 spiro atoms. The number of alkyl halides is 6. The summed E-state index contributed by atoms with van der Waals surface area (Å²) in [6, 6.07) is 4.46. The van der Waals surface area contributed by atoms with E-state index in [9.17, 15) is 35.5 Å².